The Morgan fingerprint density at radius 3 is 0.992 bits per heavy atom. The van der Waals surface area contributed by atoms with Crippen molar-refractivity contribution >= 4 is 81.3 Å². The second kappa shape index (κ2) is 84.5. The van der Waals surface area contributed by atoms with E-state index in [9.17, 15) is 43.2 Å². The number of anilines is 3. The Balaban J connectivity index is -0.000000242. The number of hydrogen-bond acceptors (Lipinski definition) is 30. The van der Waals surface area contributed by atoms with Crippen LogP contribution in [0.25, 0.3) is 0 Å². The summed E-state index contributed by atoms with van der Waals surface area (Å²) in [4.78, 5) is 107. The summed E-state index contributed by atoms with van der Waals surface area (Å²) in [5.74, 6) is -2.65. The van der Waals surface area contributed by atoms with Gasteiger partial charge < -0.3 is 112 Å². The Kier molecular flexibility index (Phi) is 86.2. The molecule has 672 valence electrons. The molecule has 0 spiro atoms. The van der Waals surface area contributed by atoms with Crippen molar-refractivity contribution in [3.05, 3.63) is 221 Å². The Morgan fingerprint density at radius 1 is 0.367 bits per heavy atom. The molecule has 0 saturated carbocycles. The zero-order chi connectivity index (χ0) is 91.7. The predicted octanol–water partition coefficient (Wildman–Crippen LogP) is 9.48. The second-order valence-corrected chi connectivity index (χ2v) is 22.7. The zero-order valence-corrected chi connectivity index (χ0v) is 73.0. The van der Waals surface area contributed by atoms with Crippen molar-refractivity contribution < 1.29 is 136 Å². The number of ether oxygens (including phenoxy) is 12. The van der Waals surface area contributed by atoms with Crippen LogP contribution in [0.1, 0.15) is 85.6 Å². The number of aliphatic hydroxyl groups excluding tert-OH is 5. The van der Waals surface area contributed by atoms with E-state index >= 15 is 0 Å². The first kappa shape index (κ1) is 122. The number of benzene rings is 6. The van der Waals surface area contributed by atoms with Gasteiger partial charge in [-0.25, -0.2) is 28.8 Å². The fourth-order valence-electron chi connectivity index (χ4n) is 7.90. The average molecular weight is 1720 g/mol. The van der Waals surface area contributed by atoms with Crippen LogP contribution in [0.3, 0.4) is 0 Å². The van der Waals surface area contributed by atoms with Gasteiger partial charge in [-0.1, -0.05) is 58.5 Å². The van der Waals surface area contributed by atoms with Gasteiger partial charge in [-0.2, -0.15) is 0 Å². The number of carboxylic acid groups (broad SMARTS) is 2. The lowest BCUT2D eigenvalue weighted by Gasteiger charge is -2.13. The normalized spacial score (nSPS) is 9.57. The monoisotopic (exact) mass is 1710 g/mol. The van der Waals surface area contributed by atoms with E-state index in [1.807, 2.05) is 112 Å². The van der Waals surface area contributed by atoms with Crippen LogP contribution in [-0.4, -0.2) is 313 Å². The number of hydrogen-bond donors (Lipinski definition) is 7. The standard InChI is InChI=1S/C16H14O4.C15H10O4.2C10H13NO2.C9H10ClNO.C8H16O5.C7H14O5.C6H15N.5CH4O.CH4/c1-19-15(17)11-20-14-9-7-13(8-10-14)16(18)12-5-3-2-4-6-12;16-14(17)10-19-13-8-6-12(7-9-13)15(18)11-4-2-1-3-5-11;2*1-11(2)9-6-4-8(5-7-9)10(12)13-3;1-11(2)8-5-3-7(4-6-8)9(10)12;1-10-3-4-12-5-6-13-7-8(9)11-2;1-10-2-3-11-4-5-12-6-7(8)9;1-4-7(5-2)6-3;5*1-2;/h2-10H,11H2,1H3;2-9H,10H2;2*4-7H,1-3H3;3-6H,1-2H3;3-7H2,1-2H3;2-6H2,1H3,(H,8,9);4-6H2,1-3H3;5*2H,1H3;1H4/p+1. The predicted molar refractivity (Wildman–Crippen MR) is 466 cm³/mol. The maximum atomic E-state index is 12.2. The molecule has 120 heavy (non-hydrogen) atoms. The Hall–Kier alpha value is -10.9. The van der Waals surface area contributed by atoms with Crippen molar-refractivity contribution in [2.75, 3.05) is 234 Å². The molecule has 6 aromatic rings. The molecular formula is C87H130ClN4O28+. The molecule has 0 fully saturated rings. The number of allylic oxidation sites excluding steroid dienone is 6. The number of esters is 4. The third-order valence-corrected chi connectivity index (χ3v) is 14.3. The van der Waals surface area contributed by atoms with Gasteiger partial charge in [0.15, 0.2) is 19.0 Å². The van der Waals surface area contributed by atoms with Crippen LogP contribution in [0, 0.1) is 6.08 Å². The number of Topliss-reactive ketones (excluding diaryl/α,β-unsaturated/α-hetero) is 1. The summed E-state index contributed by atoms with van der Waals surface area (Å²) in [5.41, 5.74) is 7.17. The lowest BCUT2D eigenvalue weighted by molar-refractivity contribution is -0.146. The first-order chi connectivity index (χ1) is 57.2. The number of aliphatic hydroxyl groups is 5. The number of ketones is 2. The number of nitrogens with zero attached hydrogens (tertiary/aromatic N) is 4. The van der Waals surface area contributed by atoms with Gasteiger partial charge >= 0.3 is 35.8 Å². The van der Waals surface area contributed by atoms with Crippen molar-refractivity contribution in [2.24, 2.45) is 0 Å². The van der Waals surface area contributed by atoms with Gasteiger partial charge in [0.2, 0.25) is 5.78 Å². The number of aliphatic carboxylic acids is 2. The number of carbonyl (C=O) groups is 9. The summed E-state index contributed by atoms with van der Waals surface area (Å²) in [5, 5.41) is 51.2. The highest BCUT2D eigenvalue weighted by Gasteiger charge is 2.16. The molecule has 32 nitrogen and oxygen atoms in total. The van der Waals surface area contributed by atoms with E-state index in [1.54, 1.807) is 136 Å². The summed E-state index contributed by atoms with van der Waals surface area (Å²) in [6, 6.07) is 43.7. The van der Waals surface area contributed by atoms with E-state index in [1.165, 1.54) is 48.1 Å². The molecule has 0 bridgehead atoms. The Labute approximate surface area is 713 Å². The fourth-order valence-corrected chi connectivity index (χ4v) is 8.03. The lowest BCUT2D eigenvalue weighted by Crippen LogP contribution is -2.21. The minimum atomic E-state index is -1.04. The molecule has 0 radical (unpaired) electrons. The van der Waals surface area contributed by atoms with E-state index in [0.29, 0.717) is 103 Å². The molecule has 0 amide bonds. The summed E-state index contributed by atoms with van der Waals surface area (Å²) >= 11 is 5.28. The van der Waals surface area contributed by atoms with Crippen molar-refractivity contribution in [3.8, 4) is 11.5 Å². The fraction of sp³-hybridized carbons (Fsp3) is 0.414. The molecule has 0 aliphatic heterocycles. The van der Waals surface area contributed by atoms with Crippen LogP contribution in [0.2, 0.25) is 0 Å². The topological polar surface area (TPSA) is 419 Å². The maximum absolute atomic E-state index is 12.2. The maximum Gasteiger partial charge on any atom is 0.343 e. The van der Waals surface area contributed by atoms with E-state index in [2.05, 4.69) is 50.7 Å². The first-order valence-electron chi connectivity index (χ1n) is 36.3. The number of methoxy groups -OCH3 is 6. The molecule has 7 N–H and O–H groups in total. The molecular weight excluding hydrogens is 1580 g/mol. The van der Waals surface area contributed by atoms with Crippen molar-refractivity contribution in [3.63, 3.8) is 0 Å². The van der Waals surface area contributed by atoms with Gasteiger partial charge in [0, 0.05) is 137 Å². The molecule has 0 unspecified atom stereocenters. The van der Waals surface area contributed by atoms with Crippen LogP contribution >= 0.6 is 11.6 Å². The van der Waals surface area contributed by atoms with Crippen molar-refractivity contribution in [1.29, 1.82) is 0 Å². The van der Waals surface area contributed by atoms with Crippen LogP contribution in [-0.2, 0) is 66.5 Å². The van der Waals surface area contributed by atoms with Crippen LogP contribution < -0.4 is 24.2 Å². The van der Waals surface area contributed by atoms with Crippen molar-refractivity contribution in [1.82, 2.24) is 4.90 Å². The highest BCUT2D eigenvalue weighted by Crippen LogP contribution is 2.20. The third-order valence-electron chi connectivity index (χ3n) is 14.0. The molecule has 0 aromatic heterocycles. The summed E-state index contributed by atoms with van der Waals surface area (Å²) in [6.45, 7) is 13.0. The minimum absolute atomic E-state index is 0. The largest absolute Gasteiger partial charge is 0.482 e. The van der Waals surface area contributed by atoms with E-state index in [4.69, 9.17) is 85.2 Å². The highest BCUT2D eigenvalue weighted by atomic mass is 35.5. The minimum Gasteiger partial charge on any atom is -0.482 e. The van der Waals surface area contributed by atoms with E-state index in [-0.39, 0.29) is 56.7 Å². The van der Waals surface area contributed by atoms with Gasteiger partial charge in [0.1, 0.15) is 42.4 Å². The molecule has 0 saturated heterocycles. The van der Waals surface area contributed by atoms with Gasteiger partial charge in [0.05, 0.1) is 105 Å². The number of carbonyl (C=O) groups excluding carboxylic acids is 7. The molecule has 33 heteroatoms. The van der Waals surface area contributed by atoms with Gasteiger partial charge in [0.25, 0.3) is 5.24 Å². The first-order valence-corrected chi connectivity index (χ1v) is 36.7. The quantitative estimate of drug-likeness (QED) is 0.00486. The third kappa shape index (κ3) is 64.1. The van der Waals surface area contributed by atoms with E-state index in [0.717, 1.165) is 52.6 Å². The Morgan fingerprint density at radius 2 is 0.683 bits per heavy atom. The Bertz CT molecular complexity index is 3570. The summed E-state index contributed by atoms with van der Waals surface area (Å²) < 4.78 is 57.4. The van der Waals surface area contributed by atoms with Gasteiger partial charge in [-0.3, -0.25) is 14.4 Å². The number of carboxylic acids is 2. The SMILES string of the molecule is C.CCN(CC)CC.CN(C)c1ccc(C(=O)Cl)cc1.CO.CO.CO.CO.CO.COC(=O)COc1ccc(C(=O)c2ccccc2)cc1.COC(=O)c1ccc(N(C)C)cc1.COC(=O)c1ccc(N(C)C)cc1.COCCOCCOCC(=O)O.COCCOCCOCC(=O)OC.O=C(O)COc1ccc(C(=O)C2=CC=[C+]C=C2)cc1. The number of rotatable bonds is 35. The average Bonchev–Trinajstić information content (AvgIpc) is 0.854. The molecule has 0 heterocycles. The summed E-state index contributed by atoms with van der Waals surface area (Å²) in [6.07, 6.45) is 9.59. The molecule has 1 aliphatic rings. The van der Waals surface area contributed by atoms with Crippen LogP contribution in [0.15, 0.2) is 182 Å². The molecule has 6 aromatic carbocycles. The smallest absolute Gasteiger partial charge is 0.343 e. The molecule has 7 rings (SSSR count). The lowest BCUT2D eigenvalue weighted by atomic mass is 10.0. The second-order valence-electron chi connectivity index (χ2n) is 22.4. The molecule has 0 atom stereocenters. The number of halogens is 1. The van der Waals surface area contributed by atoms with E-state index < -0.39 is 29.8 Å². The van der Waals surface area contributed by atoms with Crippen molar-refractivity contribution in [2.45, 2.75) is 28.2 Å². The summed E-state index contributed by atoms with van der Waals surface area (Å²) in [7, 11) is 25.3. The van der Waals surface area contributed by atoms with Crippen LogP contribution in [0.5, 0.6) is 11.5 Å². The van der Waals surface area contributed by atoms with Crippen LogP contribution in [0.4, 0.5) is 17.1 Å². The van der Waals surface area contributed by atoms with Gasteiger partial charge in [-0.15, -0.1) is 0 Å². The highest BCUT2D eigenvalue weighted by molar-refractivity contribution is 6.67. The van der Waals surface area contributed by atoms with Gasteiger partial charge in [-0.05, 0) is 153 Å². The molecule has 1 aliphatic carbocycles. The zero-order valence-electron chi connectivity index (χ0n) is 72.2.